The van der Waals surface area contributed by atoms with Gasteiger partial charge in [-0.05, 0) is 33.6 Å². The highest BCUT2D eigenvalue weighted by molar-refractivity contribution is 7.11. The number of nitrogens with zero attached hydrogens (tertiary/aromatic N) is 3. The number of carbonyl (C=O) groups excluding carboxylic acids is 1. The van der Waals surface area contributed by atoms with Gasteiger partial charge >= 0.3 is 6.03 Å². The second-order valence-electron chi connectivity index (χ2n) is 5.43. The van der Waals surface area contributed by atoms with Gasteiger partial charge in [0.25, 0.3) is 0 Å². The van der Waals surface area contributed by atoms with Crippen molar-refractivity contribution in [2.45, 2.75) is 53.1 Å². The van der Waals surface area contributed by atoms with E-state index in [9.17, 15) is 4.79 Å². The number of hydrogen-bond donors (Lipinski definition) is 2. The van der Waals surface area contributed by atoms with E-state index in [0.29, 0.717) is 12.4 Å². The van der Waals surface area contributed by atoms with Gasteiger partial charge in [0.15, 0.2) is 0 Å². The number of anilines is 1. The SMILES string of the molecule is CCCc1nc(C)c(CNC(=O)Nc2ccnn2C(C)C)s1. The molecular formula is C15H23N5OS. The van der Waals surface area contributed by atoms with Crippen LogP contribution in [-0.4, -0.2) is 20.8 Å². The lowest BCUT2D eigenvalue weighted by atomic mass is 10.3. The number of aromatic nitrogens is 3. The molecule has 2 amide bonds. The summed E-state index contributed by atoms with van der Waals surface area (Å²) in [6.45, 7) is 8.66. The number of carbonyl (C=O) groups is 1. The maximum absolute atomic E-state index is 12.0. The van der Waals surface area contributed by atoms with E-state index in [1.807, 2.05) is 20.8 Å². The van der Waals surface area contributed by atoms with Crippen molar-refractivity contribution >= 4 is 23.2 Å². The van der Waals surface area contributed by atoms with Crippen molar-refractivity contribution in [3.05, 3.63) is 27.8 Å². The van der Waals surface area contributed by atoms with E-state index in [0.717, 1.165) is 28.4 Å². The van der Waals surface area contributed by atoms with Crippen LogP contribution in [0.15, 0.2) is 12.3 Å². The van der Waals surface area contributed by atoms with Crippen molar-refractivity contribution < 1.29 is 4.79 Å². The van der Waals surface area contributed by atoms with E-state index in [1.54, 1.807) is 28.3 Å². The Morgan fingerprint density at radius 3 is 2.91 bits per heavy atom. The van der Waals surface area contributed by atoms with Gasteiger partial charge < -0.3 is 5.32 Å². The van der Waals surface area contributed by atoms with Crippen molar-refractivity contribution in [3.63, 3.8) is 0 Å². The van der Waals surface area contributed by atoms with E-state index in [1.165, 1.54) is 0 Å². The van der Waals surface area contributed by atoms with Crippen molar-refractivity contribution in [1.82, 2.24) is 20.1 Å². The molecule has 2 heterocycles. The van der Waals surface area contributed by atoms with Gasteiger partial charge in [-0.15, -0.1) is 11.3 Å². The Bertz CT molecular complexity index is 632. The molecule has 2 aromatic rings. The molecule has 0 fully saturated rings. The molecule has 0 aliphatic carbocycles. The normalized spacial score (nSPS) is 11.0. The van der Waals surface area contributed by atoms with Crippen molar-refractivity contribution in [2.75, 3.05) is 5.32 Å². The number of rotatable bonds is 6. The summed E-state index contributed by atoms with van der Waals surface area (Å²) in [5.74, 6) is 0.695. The predicted octanol–water partition coefficient (Wildman–Crippen LogP) is 3.50. The Hall–Kier alpha value is -1.89. The highest BCUT2D eigenvalue weighted by Crippen LogP contribution is 2.19. The summed E-state index contributed by atoms with van der Waals surface area (Å²) in [6.07, 6.45) is 3.75. The van der Waals surface area contributed by atoms with E-state index in [2.05, 4.69) is 27.6 Å². The first-order chi connectivity index (χ1) is 10.5. The van der Waals surface area contributed by atoms with E-state index >= 15 is 0 Å². The summed E-state index contributed by atoms with van der Waals surface area (Å²) >= 11 is 1.67. The molecule has 0 unspecified atom stereocenters. The zero-order valence-electron chi connectivity index (χ0n) is 13.5. The van der Waals surface area contributed by atoms with Gasteiger partial charge in [0, 0.05) is 17.0 Å². The Kier molecular flexibility index (Phi) is 5.54. The minimum absolute atomic E-state index is 0.200. The van der Waals surface area contributed by atoms with Crippen LogP contribution in [0.5, 0.6) is 0 Å². The quantitative estimate of drug-likeness (QED) is 0.855. The van der Waals surface area contributed by atoms with Gasteiger partial charge in [0.2, 0.25) is 0 Å². The van der Waals surface area contributed by atoms with Crippen LogP contribution in [0.25, 0.3) is 0 Å². The fourth-order valence-corrected chi connectivity index (χ4v) is 3.23. The Labute approximate surface area is 135 Å². The Morgan fingerprint density at radius 1 is 1.45 bits per heavy atom. The molecule has 0 saturated heterocycles. The van der Waals surface area contributed by atoms with Gasteiger partial charge in [0.1, 0.15) is 5.82 Å². The fraction of sp³-hybridized carbons (Fsp3) is 0.533. The van der Waals surface area contributed by atoms with Crippen molar-refractivity contribution in [2.24, 2.45) is 0 Å². The fourth-order valence-electron chi connectivity index (χ4n) is 2.12. The zero-order chi connectivity index (χ0) is 16.1. The molecule has 22 heavy (non-hydrogen) atoms. The van der Waals surface area contributed by atoms with Crippen LogP contribution >= 0.6 is 11.3 Å². The average molecular weight is 321 g/mol. The zero-order valence-corrected chi connectivity index (χ0v) is 14.3. The van der Waals surface area contributed by atoms with E-state index in [4.69, 9.17) is 0 Å². The summed E-state index contributed by atoms with van der Waals surface area (Å²) in [6, 6.07) is 1.76. The summed E-state index contributed by atoms with van der Waals surface area (Å²) in [5.41, 5.74) is 1.00. The second-order valence-corrected chi connectivity index (χ2v) is 6.60. The molecule has 0 radical (unpaired) electrons. The molecule has 0 saturated carbocycles. The first-order valence-corrected chi connectivity index (χ1v) is 8.36. The summed E-state index contributed by atoms with van der Waals surface area (Å²) in [5, 5.41) is 11.0. The topological polar surface area (TPSA) is 71.8 Å². The number of hydrogen-bond acceptors (Lipinski definition) is 4. The van der Waals surface area contributed by atoms with Gasteiger partial charge in [-0.25, -0.2) is 14.5 Å². The largest absolute Gasteiger partial charge is 0.333 e. The number of urea groups is 1. The monoisotopic (exact) mass is 321 g/mol. The third-order valence-electron chi connectivity index (χ3n) is 3.21. The lowest BCUT2D eigenvalue weighted by molar-refractivity contribution is 0.251. The summed E-state index contributed by atoms with van der Waals surface area (Å²) < 4.78 is 1.77. The Balaban J connectivity index is 1.91. The van der Waals surface area contributed by atoms with Gasteiger partial charge in [0.05, 0.1) is 23.4 Å². The highest BCUT2D eigenvalue weighted by atomic mass is 32.1. The van der Waals surface area contributed by atoms with Crippen molar-refractivity contribution in [1.29, 1.82) is 0 Å². The van der Waals surface area contributed by atoms with Crippen LogP contribution in [0.2, 0.25) is 0 Å². The highest BCUT2D eigenvalue weighted by Gasteiger charge is 2.11. The van der Waals surface area contributed by atoms with Gasteiger partial charge in [-0.1, -0.05) is 6.92 Å². The third kappa shape index (κ3) is 4.07. The van der Waals surface area contributed by atoms with Gasteiger partial charge in [-0.3, -0.25) is 5.32 Å². The molecule has 0 aromatic carbocycles. The molecular weight excluding hydrogens is 298 g/mol. The molecule has 2 N–H and O–H groups in total. The van der Waals surface area contributed by atoms with Crippen molar-refractivity contribution in [3.8, 4) is 0 Å². The molecule has 120 valence electrons. The van der Waals surface area contributed by atoms with Gasteiger partial charge in [-0.2, -0.15) is 5.10 Å². The van der Waals surface area contributed by atoms with Crippen LogP contribution in [-0.2, 0) is 13.0 Å². The number of thiazole rings is 1. The molecule has 2 aromatic heterocycles. The van der Waals surface area contributed by atoms with Crippen LogP contribution < -0.4 is 10.6 Å². The Morgan fingerprint density at radius 2 is 2.23 bits per heavy atom. The average Bonchev–Trinajstić information content (AvgIpc) is 3.04. The molecule has 0 bridgehead atoms. The maximum Gasteiger partial charge on any atom is 0.320 e. The van der Waals surface area contributed by atoms with Crippen LogP contribution in [0.3, 0.4) is 0 Å². The number of aryl methyl sites for hydroxylation is 2. The predicted molar refractivity (Wildman–Crippen MR) is 89.3 cm³/mol. The molecule has 7 heteroatoms. The summed E-state index contributed by atoms with van der Waals surface area (Å²) in [4.78, 5) is 17.7. The minimum atomic E-state index is -0.229. The molecule has 0 aliphatic heterocycles. The van der Waals surface area contributed by atoms with E-state index in [-0.39, 0.29) is 12.1 Å². The first-order valence-electron chi connectivity index (χ1n) is 7.54. The first kappa shape index (κ1) is 16.5. The van der Waals surface area contributed by atoms with E-state index < -0.39 is 0 Å². The smallest absolute Gasteiger partial charge is 0.320 e. The summed E-state index contributed by atoms with van der Waals surface area (Å²) in [7, 11) is 0. The third-order valence-corrected chi connectivity index (χ3v) is 4.43. The lowest BCUT2D eigenvalue weighted by Crippen LogP contribution is -2.29. The standard InChI is InChI=1S/C15H23N5OS/c1-5-6-14-18-11(4)12(22-14)9-16-15(21)19-13-7-8-17-20(13)10(2)3/h7-8,10H,5-6,9H2,1-4H3,(H2,16,19,21). The molecule has 6 nitrogen and oxygen atoms in total. The number of nitrogens with one attached hydrogen (secondary N) is 2. The maximum atomic E-state index is 12.0. The molecule has 2 rings (SSSR count). The van der Waals surface area contributed by atoms with Crippen LogP contribution in [0.4, 0.5) is 10.6 Å². The lowest BCUT2D eigenvalue weighted by Gasteiger charge is -2.12. The van der Waals surface area contributed by atoms with Crippen LogP contribution in [0, 0.1) is 6.92 Å². The molecule has 0 atom stereocenters. The minimum Gasteiger partial charge on any atom is -0.333 e. The number of amides is 2. The molecule has 0 spiro atoms. The van der Waals surface area contributed by atoms with Crippen LogP contribution in [0.1, 0.15) is 48.8 Å². The molecule has 0 aliphatic rings. The second kappa shape index (κ2) is 7.40.